The number of hydrogen-bond acceptors (Lipinski definition) is 5. The van der Waals surface area contributed by atoms with Crippen LogP contribution in [0.4, 0.5) is 0 Å². The van der Waals surface area contributed by atoms with E-state index in [0.29, 0.717) is 24.2 Å². The number of fused-ring (bicyclic) bond motifs is 1. The summed E-state index contributed by atoms with van der Waals surface area (Å²) in [5, 5.41) is 8.27. The van der Waals surface area contributed by atoms with Crippen molar-refractivity contribution in [2.24, 2.45) is 7.05 Å². The van der Waals surface area contributed by atoms with Gasteiger partial charge in [0.05, 0.1) is 29.9 Å². The molecule has 6 nitrogen and oxygen atoms in total. The van der Waals surface area contributed by atoms with Crippen LogP contribution in [0.1, 0.15) is 26.8 Å². The van der Waals surface area contributed by atoms with Crippen LogP contribution in [-0.4, -0.2) is 30.6 Å². The molecule has 0 unspecified atom stereocenters. The molecule has 3 aromatic heterocycles. The molecular formula is C20H19N5OS. The van der Waals surface area contributed by atoms with Crippen LogP contribution in [-0.2, 0) is 20.1 Å². The van der Waals surface area contributed by atoms with Crippen LogP contribution >= 0.6 is 11.3 Å². The maximum atomic E-state index is 13.4. The zero-order valence-corrected chi connectivity index (χ0v) is 16.0. The number of amides is 1. The zero-order valence-electron chi connectivity index (χ0n) is 15.2. The number of thiazole rings is 1. The number of rotatable bonds is 5. The lowest BCUT2D eigenvalue weighted by atomic mass is 10.1. The van der Waals surface area contributed by atoms with Crippen LogP contribution < -0.4 is 0 Å². The Hall–Kier alpha value is -3.06. The molecular weight excluding hydrogens is 358 g/mol. The molecule has 136 valence electrons. The van der Waals surface area contributed by atoms with Gasteiger partial charge in [0.2, 0.25) is 0 Å². The topological polar surface area (TPSA) is 63.9 Å². The van der Waals surface area contributed by atoms with Crippen molar-refractivity contribution in [1.82, 2.24) is 24.6 Å². The molecule has 0 spiro atoms. The fraction of sp³-hybridized carbons (Fsp3) is 0.200. The van der Waals surface area contributed by atoms with E-state index in [1.165, 1.54) is 0 Å². The molecule has 0 N–H and O–H groups in total. The predicted molar refractivity (Wildman–Crippen MR) is 105 cm³/mol. The lowest BCUT2D eigenvalue weighted by molar-refractivity contribution is 0.0729. The first kappa shape index (κ1) is 17.4. The Balaban J connectivity index is 1.71. The predicted octanol–water partition coefficient (Wildman–Crippen LogP) is 3.58. The highest BCUT2D eigenvalue weighted by molar-refractivity contribution is 7.09. The third-order valence-electron chi connectivity index (χ3n) is 4.48. The number of hydrogen-bond donors (Lipinski definition) is 0. The second-order valence-electron chi connectivity index (χ2n) is 6.37. The molecule has 0 saturated heterocycles. The largest absolute Gasteiger partial charge is 0.326 e. The number of benzene rings is 1. The van der Waals surface area contributed by atoms with Crippen LogP contribution in [0.3, 0.4) is 0 Å². The molecule has 0 fully saturated rings. The Morgan fingerprint density at radius 1 is 1.15 bits per heavy atom. The van der Waals surface area contributed by atoms with E-state index in [4.69, 9.17) is 0 Å². The molecule has 3 heterocycles. The first-order valence-corrected chi connectivity index (χ1v) is 9.50. The average molecular weight is 377 g/mol. The molecule has 27 heavy (non-hydrogen) atoms. The molecule has 4 rings (SSSR count). The first-order valence-electron chi connectivity index (χ1n) is 8.63. The quantitative estimate of drug-likeness (QED) is 0.533. The van der Waals surface area contributed by atoms with Gasteiger partial charge in [-0.05, 0) is 25.1 Å². The van der Waals surface area contributed by atoms with E-state index in [1.807, 2.05) is 60.4 Å². The van der Waals surface area contributed by atoms with Crippen LogP contribution in [0.15, 0.2) is 54.2 Å². The number of pyridine rings is 1. The van der Waals surface area contributed by atoms with Gasteiger partial charge in [0.1, 0.15) is 5.01 Å². The van der Waals surface area contributed by atoms with Crippen molar-refractivity contribution >= 4 is 28.1 Å². The molecule has 4 aromatic rings. The summed E-state index contributed by atoms with van der Waals surface area (Å²) >= 11 is 1.54. The summed E-state index contributed by atoms with van der Waals surface area (Å²) in [5.41, 5.74) is 3.22. The molecule has 0 aliphatic rings. The number of nitrogens with zero attached hydrogens (tertiary/aromatic N) is 5. The van der Waals surface area contributed by atoms with Crippen molar-refractivity contribution in [1.29, 1.82) is 0 Å². The van der Waals surface area contributed by atoms with Gasteiger partial charge in [-0.25, -0.2) is 4.98 Å². The number of carbonyl (C=O) groups excluding carboxylic acids is 1. The SMILES string of the molecule is Cc1cc(CN(Cc2nccs2)C(=O)c2cccc3cccnc23)nn1C. The maximum absolute atomic E-state index is 13.4. The average Bonchev–Trinajstić information content (AvgIpc) is 3.30. The molecule has 1 aromatic carbocycles. The molecule has 0 bridgehead atoms. The van der Waals surface area contributed by atoms with E-state index in [9.17, 15) is 4.79 Å². The molecule has 1 amide bonds. The Morgan fingerprint density at radius 3 is 2.74 bits per heavy atom. The van der Waals surface area contributed by atoms with Gasteiger partial charge >= 0.3 is 0 Å². The molecule has 0 aliphatic carbocycles. The van der Waals surface area contributed by atoms with E-state index in [1.54, 1.807) is 28.6 Å². The van der Waals surface area contributed by atoms with E-state index < -0.39 is 0 Å². The lowest BCUT2D eigenvalue weighted by Crippen LogP contribution is -2.30. The molecule has 7 heteroatoms. The summed E-state index contributed by atoms with van der Waals surface area (Å²) in [4.78, 5) is 24.0. The van der Waals surface area contributed by atoms with Gasteiger partial charge in [0.15, 0.2) is 0 Å². The molecule has 0 atom stereocenters. The highest BCUT2D eigenvalue weighted by Gasteiger charge is 2.21. The van der Waals surface area contributed by atoms with Gasteiger partial charge in [0, 0.05) is 35.9 Å². The van der Waals surface area contributed by atoms with Crippen molar-refractivity contribution in [3.8, 4) is 0 Å². The van der Waals surface area contributed by atoms with Gasteiger partial charge < -0.3 is 4.90 Å². The summed E-state index contributed by atoms with van der Waals surface area (Å²) in [6.07, 6.45) is 3.47. The van der Waals surface area contributed by atoms with Crippen LogP contribution in [0.25, 0.3) is 10.9 Å². The monoisotopic (exact) mass is 377 g/mol. The lowest BCUT2D eigenvalue weighted by Gasteiger charge is -2.21. The third kappa shape index (κ3) is 3.59. The number of para-hydroxylation sites is 1. The van der Waals surface area contributed by atoms with Gasteiger partial charge in [-0.15, -0.1) is 11.3 Å². The Morgan fingerprint density at radius 2 is 2.00 bits per heavy atom. The number of aryl methyl sites for hydroxylation is 2. The standard InChI is InChI=1S/C20H19N5OS/c1-14-11-16(23-24(14)2)12-25(13-18-21-9-10-27-18)20(26)17-7-3-5-15-6-4-8-22-19(15)17/h3-11H,12-13H2,1-2H3. The fourth-order valence-corrected chi connectivity index (χ4v) is 3.68. The highest BCUT2D eigenvalue weighted by Crippen LogP contribution is 2.21. The van der Waals surface area contributed by atoms with Crippen molar-refractivity contribution in [2.75, 3.05) is 0 Å². The molecule has 0 aliphatic heterocycles. The molecule has 0 saturated carbocycles. The second-order valence-corrected chi connectivity index (χ2v) is 7.35. The van der Waals surface area contributed by atoms with Crippen LogP contribution in [0, 0.1) is 6.92 Å². The van der Waals surface area contributed by atoms with Crippen molar-refractivity contribution < 1.29 is 4.79 Å². The highest BCUT2D eigenvalue weighted by atomic mass is 32.1. The third-order valence-corrected chi connectivity index (χ3v) is 5.24. The minimum Gasteiger partial charge on any atom is -0.326 e. The van der Waals surface area contributed by atoms with Gasteiger partial charge in [-0.2, -0.15) is 5.10 Å². The summed E-state index contributed by atoms with van der Waals surface area (Å²) in [5.74, 6) is -0.0715. The Bertz CT molecular complexity index is 1060. The minimum absolute atomic E-state index is 0.0715. The fourth-order valence-electron chi connectivity index (χ4n) is 3.05. The van der Waals surface area contributed by atoms with Gasteiger partial charge in [-0.1, -0.05) is 18.2 Å². The second kappa shape index (κ2) is 7.28. The van der Waals surface area contributed by atoms with Gasteiger partial charge in [-0.3, -0.25) is 14.5 Å². The minimum atomic E-state index is -0.0715. The summed E-state index contributed by atoms with van der Waals surface area (Å²) in [6, 6.07) is 11.5. The van der Waals surface area contributed by atoms with Crippen molar-refractivity contribution in [3.63, 3.8) is 0 Å². The van der Waals surface area contributed by atoms with Crippen LogP contribution in [0.2, 0.25) is 0 Å². The maximum Gasteiger partial charge on any atom is 0.256 e. The zero-order chi connectivity index (χ0) is 18.8. The Labute approximate surface area is 161 Å². The van der Waals surface area contributed by atoms with E-state index in [-0.39, 0.29) is 5.91 Å². The summed E-state index contributed by atoms with van der Waals surface area (Å²) in [7, 11) is 1.90. The smallest absolute Gasteiger partial charge is 0.256 e. The Kier molecular flexibility index (Phi) is 4.68. The van der Waals surface area contributed by atoms with Crippen molar-refractivity contribution in [2.45, 2.75) is 20.0 Å². The van der Waals surface area contributed by atoms with E-state index in [2.05, 4.69) is 15.1 Å². The number of aromatic nitrogens is 4. The normalized spacial score (nSPS) is 11.0. The van der Waals surface area contributed by atoms with E-state index in [0.717, 1.165) is 21.8 Å². The first-order chi connectivity index (χ1) is 13.1. The summed E-state index contributed by atoms with van der Waals surface area (Å²) < 4.78 is 1.82. The summed E-state index contributed by atoms with van der Waals surface area (Å²) in [6.45, 7) is 2.86. The van der Waals surface area contributed by atoms with Crippen molar-refractivity contribution in [3.05, 3.63) is 76.1 Å². The van der Waals surface area contributed by atoms with Crippen LogP contribution in [0.5, 0.6) is 0 Å². The van der Waals surface area contributed by atoms with E-state index >= 15 is 0 Å². The number of carbonyl (C=O) groups is 1. The van der Waals surface area contributed by atoms with Gasteiger partial charge in [0.25, 0.3) is 5.91 Å². The molecule has 0 radical (unpaired) electrons.